The Kier molecular flexibility index (Phi) is 3.17. The van der Waals surface area contributed by atoms with Crippen LogP contribution in [0.15, 0.2) is 18.2 Å². The first-order chi connectivity index (χ1) is 7.61. The molecule has 0 radical (unpaired) electrons. The molecule has 4 heteroatoms. The van der Waals surface area contributed by atoms with Gasteiger partial charge in [-0.25, -0.2) is 4.98 Å². The van der Waals surface area contributed by atoms with Gasteiger partial charge in [0.05, 0.1) is 11.0 Å². The molecule has 0 bridgehead atoms. The average Bonchev–Trinajstić information content (AvgIpc) is 2.55. The summed E-state index contributed by atoms with van der Waals surface area (Å²) < 4.78 is 2.08. The predicted octanol–water partition coefficient (Wildman–Crippen LogP) is 2.51. The van der Waals surface area contributed by atoms with Crippen molar-refractivity contribution in [3.05, 3.63) is 29.0 Å². The Balaban J connectivity index is 2.43. The number of rotatable bonds is 3. The van der Waals surface area contributed by atoms with Gasteiger partial charge in [-0.1, -0.05) is 18.5 Å². The van der Waals surface area contributed by atoms with Crippen LogP contribution in [-0.2, 0) is 13.5 Å². The van der Waals surface area contributed by atoms with Gasteiger partial charge in [-0.15, -0.1) is 0 Å². The van der Waals surface area contributed by atoms with E-state index in [9.17, 15) is 0 Å². The monoisotopic (exact) mass is 237 g/mol. The Hall–Kier alpha value is -1.06. The SMILES string of the molecule is CCC(N)Cc1nc2cc(Cl)ccc2n1C. The molecule has 2 aromatic rings. The zero-order valence-corrected chi connectivity index (χ0v) is 10.3. The van der Waals surface area contributed by atoms with Crippen molar-refractivity contribution in [2.45, 2.75) is 25.8 Å². The zero-order valence-electron chi connectivity index (χ0n) is 9.57. The molecule has 0 amide bonds. The molecule has 0 aliphatic rings. The van der Waals surface area contributed by atoms with Crippen LogP contribution in [0.2, 0.25) is 5.02 Å². The third-order valence-electron chi connectivity index (χ3n) is 2.90. The normalized spacial score (nSPS) is 13.2. The largest absolute Gasteiger partial charge is 0.331 e. The third kappa shape index (κ3) is 2.06. The second-order valence-corrected chi connectivity index (χ2v) is 4.53. The highest BCUT2D eigenvalue weighted by molar-refractivity contribution is 6.31. The van der Waals surface area contributed by atoms with Gasteiger partial charge < -0.3 is 10.3 Å². The molecular formula is C12H16ClN3. The maximum atomic E-state index is 5.95. The van der Waals surface area contributed by atoms with Crippen molar-refractivity contribution in [3.8, 4) is 0 Å². The molecule has 0 aliphatic heterocycles. The van der Waals surface area contributed by atoms with Crippen LogP contribution in [0.3, 0.4) is 0 Å². The van der Waals surface area contributed by atoms with Crippen LogP contribution in [0.4, 0.5) is 0 Å². The highest BCUT2D eigenvalue weighted by atomic mass is 35.5. The molecule has 16 heavy (non-hydrogen) atoms. The number of fused-ring (bicyclic) bond motifs is 1. The number of halogens is 1. The van der Waals surface area contributed by atoms with Crippen LogP contribution >= 0.6 is 11.6 Å². The highest BCUT2D eigenvalue weighted by Gasteiger charge is 2.10. The Morgan fingerprint density at radius 1 is 1.50 bits per heavy atom. The molecule has 0 fully saturated rings. The number of hydrogen-bond donors (Lipinski definition) is 1. The smallest absolute Gasteiger partial charge is 0.111 e. The van der Waals surface area contributed by atoms with E-state index in [2.05, 4.69) is 16.5 Å². The minimum absolute atomic E-state index is 0.172. The Bertz CT molecular complexity index is 504. The van der Waals surface area contributed by atoms with E-state index in [1.54, 1.807) is 0 Å². The maximum Gasteiger partial charge on any atom is 0.111 e. The van der Waals surface area contributed by atoms with Crippen molar-refractivity contribution >= 4 is 22.6 Å². The first-order valence-corrected chi connectivity index (χ1v) is 5.86. The number of nitrogens with two attached hydrogens (primary N) is 1. The molecule has 2 rings (SSSR count). The Morgan fingerprint density at radius 3 is 2.94 bits per heavy atom. The molecule has 2 N–H and O–H groups in total. The van der Waals surface area contributed by atoms with Gasteiger partial charge in [-0.3, -0.25) is 0 Å². The number of nitrogens with zero attached hydrogens (tertiary/aromatic N) is 2. The summed E-state index contributed by atoms with van der Waals surface area (Å²) in [7, 11) is 2.01. The van der Waals surface area contributed by atoms with Gasteiger partial charge in [0.25, 0.3) is 0 Å². The number of imidazole rings is 1. The van der Waals surface area contributed by atoms with Crippen molar-refractivity contribution in [1.82, 2.24) is 9.55 Å². The summed E-state index contributed by atoms with van der Waals surface area (Å²) >= 11 is 5.94. The zero-order chi connectivity index (χ0) is 11.7. The summed E-state index contributed by atoms with van der Waals surface area (Å²) in [6.45, 7) is 2.09. The quantitative estimate of drug-likeness (QED) is 0.892. The van der Waals surface area contributed by atoms with Crippen LogP contribution in [0.25, 0.3) is 11.0 Å². The summed E-state index contributed by atoms with van der Waals surface area (Å²) in [4.78, 5) is 4.56. The summed E-state index contributed by atoms with van der Waals surface area (Å²) in [6.07, 6.45) is 1.77. The lowest BCUT2D eigenvalue weighted by Gasteiger charge is -2.07. The number of benzene rings is 1. The van der Waals surface area contributed by atoms with Gasteiger partial charge >= 0.3 is 0 Å². The maximum absolute atomic E-state index is 5.95. The van der Waals surface area contributed by atoms with E-state index >= 15 is 0 Å². The fourth-order valence-corrected chi connectivity index (χ4v) is 1.95. The molecule has 0 aliphatic carbocycles. The van der Waals surface area contributed by atoms with Crippen molar-refractivity contribution in [3.63, 3.8) is 0 Å². The molecule has 86 valence electrons. The lowest BCUT2D eigenvalue weighted by atomic mass is 10.1. The van der Waals surface area contributed by atoms with Gasteiger partial charge in [0.15, 0.2) is 0 Å². The van der Waals surface area contributed by atoms with Crippen LogP contribution < -0.4 is 5.73 Å². The first-order valence-electron chi connectivity index (χ1n) is 5.48. The van der Waals surface area contributed by atoms with E-state index in [0.717, 1.165) is 34.7 Å². The number of hydrogen-bond acceptors (Lipinski definition) is 2. The van der Waals surface area contributed by atoms with E-state index < -0.39 is 0 Å². The summed E-state index contributed by atoms with van der Waals surface area (Å²) in [5.74, 6) is 1.02. The lowest BCUT2D eigenvalue weighted by Crippen LogP contribution is -2.23. The van der Waals surface area contributed by atoms with Gasteiger partial charge in [0.1, 0.15) is 5.82 Å². The summed E-state index contributed by atoms with van der Waals surface area (Å²) in [5, 5.41) is 0.719. The van der Waals surface area contributed by atoms with E-state index in [1.165, 1.54) is 0 Å². The second-order valence-electron chi connectivity index (χ2n) is 4.09. The fraction of sp³-hybridized carbons (Fsp3) is 0.417. The van der Waals surface area contributed by atoms with Crippen molar-refractivity contribution in [2.24, 2.45) is 12.8 Å². The topological polar surface area (TPSA) is 43.8 Å². The van der Waals surface area contributed by atoms with E-state index in [4.69, 9.17) is 17.3 Å². The van der Waals surface area contributed by atoms with Gasteiger partial charge in [-0.05, 0) is 24.6 Å². The highest BCUT2D eigenvalue weighted by Crippen LogP contribution is 2.20. The Morgan fingerprint density at radius 2 is 2.25 bits per heavy atom. The predicted molar refractivity (Wildman–Crippen MR) is 67.7 cm³/mol. The molecule has 1 unspecified atom stereocenters. The first kappa shape index (κ1) is 11.4. The van der Waals surface area contributed by atoms with E-state index in [0.29, 0.717) is 0 Å². The van der Waals surface area contributed by atoms with Crippen LogP contribution in [0.5, 0.6) is 0 Å². The van der Waals surface area contributed by atoms with Crippen LogP contribution in [0, 0.1) is 0 Å². The summed E-state index contributed by atoms with van der Waals surface area (Å²) in [6, 6.07) is 5.93. The Labute approximate surface area is 100 Å². The van der Waals surface area contributed by atoms with Crippen molar-refractivity contribution in [1.29, 1.82) is 0 Å². The van der Waals surface area contributed by atoms with Gasteiger partial charge in [-0.2, -0.15) is 0 Å². The molecule has 0 saturated carbocycles. The molecule has 1 atom stereocenters. The van der Waals surface area contributed by atoms with Gasteiger partial charge in [0.2, 0.25) is 0 Å². The standard InChI is InChI=1S/C12H16ClN3/c1-3-9(14)7-12-15-10-6-8(13)4-5-11(10)16(12)2/h4-6,9H,3,7,14H2,1-2H3. The van der Waals surface area contributed by atoms with Crippen LogP contribution in [-0.4, -0.2) is 15.6 Å². The molecular weight excluding hydrogens is 222 g/mol. The van der Waals surface area contributed by atoms with Crippen molar-refractivity contribution < 1.29 is 0 Å². The molecule has 1 aromatic heterocycles. The minimum Gasteiger partial charge on any atom is -0.331 e. The minimum atomic E-state index is 0.172. The molecule has 0 spiro atoms. The van der Waals surface area contributed by atoms with E-state index in [1.807, 2.05) is 25.2 Å². The number of aryl methyl sites for hydroxylation is 1. The average molecular weight is 238 g/mol. The second kappa shape index (κ2) is 4.44. The molecule has 0 saturated heterocycles. The molecule has 1 aromatic carbocycles. The molecule has 1 heterocycles. The van der Waals surface area contributed by atoms with Gasteiger partial charge in [0, 0.05) is 24.5 Å². The number of aromatic nitrogens is 2. The third-order valence-corrected chi connectivity index (χ3v) is 3.14. The fourth-order valence-electron chi connectivity index (χ4n) is 1.78. The lowest BCUT2D eigenvalue weighted by molar-refractivity contribution is 0.612. The molecule has 3 nitrogen and oxygen atoms in total. The van der Waals surface area contributed by atoms with Crippen LogP contribution in [0.1, 0.15) is 19.2 Å². The van der Waals surface area contributed by atoms with Crippen molar-refractivity contribution in [2.75, 3.05) is 0 Å². The van der Waals surface area contributed by atoms with E-state index in [-0.39, 0.29) is 6.04 Å². The summed E-state index contributed by atoms with van der Waals surface area (Å²) in [5.41, 5.74) is 7.98.